The minimum atomic E-state index is -0.718. The number of aryl methyl sites for hydroxylation is 3. The molecular weight excluding hydrogens is 396 g/mol. The van der Waals surface area contributed by atoms with Gasteiger partial charge in [0.25, 0.3) is 5.91 Å². The molecule has 3 heterocycles. The predicted molar refractivity (Wildman–Crippen MR) is 115 cm³/mol. The molecule has 0 unspecified atom stereocenters. The number of aromatic nitrogens is 1. The second-order valence-electron chi connectivity index (χ2n) is 7.76. The molecule has 2 aromatic heterocycles. The highest BCUT2D eigenvalue weighted by Gasteiger charge is 2.45. The molecule has 0 saturated carbocycles. The van der Waals surface area contributed by atoms with Crippen molar-refractivity contribution in [3.63, 3.8) is 0 Å². The number of ether oxygens (including phenoxy) is 1. The number of fused-ring (bicyclic) bond motifs is 2. The van der Waals surface area contributed by atoms with Gasteiger partial charge in [-0.15, -0.1) is 0 Å². The third-order valence-corrected chi connectivity index (χ3v) is 5.76. The average molecular weight is 416 g/mol. The number of hydrogen-bond acceptors (Lipinski definition) is 6. The fourth-order valence-corrected chi connectivity index (χ4v) is 4.06. The Morgan fingerprint density at radius 2 is 1.81 bits per heavy atom. The summed E-state index contributed by atoms with van der Waals surface area (Å²) in [5.41, 5.74) is 3.11. The van der Waals surface area contributed by atoms with Crippen LogP contribution >= 0.6 is 0 Å². The quantitative estimate of drug-likeness (QED) is 0.490. The Labute approximate surface area is 177 Å². The molecule has 0 aliphatic carbocycles. The lowest BCUT2D eigenvalue weighted by atomic mass is 9.97. The number of rotatable bonds is 3. The summed E-state index contributed by atoms with van der Waals surface area (Å²) in [6.45, 7) is 5.62. The normalized spacial score (nSPS) is 15.5. The first-order valence-electron chi connectivity index (χ1n) is 9.88. The second-order valence-corrected chi connectivity index (χ2v) is 7.76. The van der Waals surface area contributed by atoms with Crippen LogP contribution in [-0.4, -0.2) is 18.2 Å². The first-order valence-corrected chi connectivity index (χ1v) is 9.88. The van der Waals surface area contributed by atoms with Crippen molar-refractivity contribution < 1.29 is 18.5 Å². The minimum Gasteiger partial charge on any atom is -0.497 e. The first-order chi connectivity index (χ1) is 14.9. The Kier molecular flexibility index (Phi) is 4.22. The molecule has 0 bridgehead atoms. The number of hydrogen-bond donors (Lipinski definition) is 0. The van der Waals surface area contributed by atoms with Gasteiger partial charge in [0.15, 0.2) is 11.2 Å². The molecule has 1 aliphatic rings. The van der Waals surface area contributed by atoms with Gasteiger partial charge >= 0.3 is 0 Å². The van der Waals surface area contributed by atoms with Gasteiger partial charge in [-0.2, -0.15) is 0 Å². The molecule has 0 saturated heterocycles. The number of carbonyl (C=O) groups excluding carboxylic acids is 1. The molecular formula is C24H20N2O5. The van der Waals surface area contributed by atoms with Gasteiger partial charge < -0.3 is 13.7 Å². The number of anilines is 1. The predicted octanol–water partition coefficient (Wildman–Crippen LogP) is 4.46. The van der Waals surface area contributed by atoms with Crippen LogP contribution in [0.3, 0.4) is 0 Å². The molecule has 5 rings (SSSR count). The first kappa shape index (κ1) is 19.1. The third-order valence-electron chi connectivity index (χ3n) is 5.76. The zero-order valence-electron chi connectivity index (χ0n) is 17.6. The monoisotopic (exact) mass is 416 g/mol. The molecule has 7 nitrogen and oxygen atoms in total. The van der Waals surface area contributed by atoms with E-state index < -0.39 is 11.9 Å². The van der Waals surface area contributed by atoms with E-state index in [1.165, 1.54) is 4.90 Å². The standard InChI is InChI=1S/C24H20N2O5/c1-12-8-17-18(9-13(12)2)30-23-20(22(17)27)21(15-6-5-7-16(11-15)29-4)26(24(23)28)19-10-14(3)31-25-19/h5-11,21H,1-4H3/t21-/m0/s1. The molecule has 0 N–H and O–H groups in total. The summed E-state index contributed by atoms with van der Waals surface area (Å²) in [5.74, 6) is 1.07. The van der Waals surface area contributed by atoms with E-state index in [1.807, 2.05) is 32.0 Å². The number of methoxy groups -OCH3 is 1. The van der Waals surface area contributed by atoms with Gasteiger partial charge in [-0.05, 0) is 61.7 Å². The van der Waals surface area contributed by atoms with Crippen molar-refractivity contribution >= 4 is 22.7 Å². The lowest BCUT2D eigenvalue weighted by molar-refractivity contribution is 0.0969. The van der Waals surface area contributed by atoms with Crippen molar-refractivity contribution in [1.82, 2.24) is 5.16 Å². The van der Waals surface area contributed by atoms with Crippen LogP contribution in [0.4, 0.5) is 5.82 Å². The molecule has 7 heteroatoms. The number of nitrogens with zero attached hydrogens (tertiary/aromatic N) is 2. The topological polar surface area (TPSA) is 85.8 Å². The molecule has 156 valence electrons. The van der Waals surface area contributed by atoms with Gasteiger partial charge in [0.1, 0.15) is 17.1 Å². The fourth-order valence-electron chi connectivity index (χ4n) is 4.06. The van der Waals surface area contributed by atoms with Crippen molar-refractivity contribution in [3.8, 4) is 5.75 Å². The number of amides is 1. The summed E-state index contributed by atoms with van der Waals surface area (Å²) in [4.78, 5) is 28.6. The largest absolute Gasteiger partial charge is 0.497 e. The van der Waals surface area contributed by atoms with E-state index in [-0.39, 0.29) is 16.8 Å². The van der Waals surface area contributed by atoms with Gasteiger partial charge in [0.05, 0.1) is 24.1 Å². The van der Waals surface area contributed by atoms with E-state index in [0.29, 0.717) is 33.9 Å². The van der Waals surface area contributed by atoms with E-state index in [0.717, 1.165) is 11.1 Å². The van der Waals surface area contributed by atoms with Crippen molar-refractivity contribution in [3.05, 3.63) is 86.5 Å². The Hall–Kier alpha value is -3.87. The van der Waals surface area contributed by atoms with Gasteiger partial charge in [0, 0.05) is 6.07 Å². The molecule has 0 fully saturated rings. The van der Waals surface area contributed by atoms with Crippen molar-refractivity contribution in [2.75, 3.05) is 12.0 Å². The van der Waals surface area contributed by atoms with E-state index >= 15 is 0 Å². The fraction of sp³-hybridized carbons (Fsp3) is 0.208. The van der Waals surface area contributed by atoms with Crippen LogP contribution in [-0.2, 0) is 0 Å². The van der Waals surface area contributed by atoms with Crippen LogP contribution in [0.15, 0.2) is 56.2 Å². The van der Waals surface area contributed by atoms with Gasteiger partial charge in [0.2, 0.25) is 5.76 Å². The molecule has 4 aromatic rings. The summed E-state index contributed by atoms with van der Waals surface area (Å²) in [6, 6.07) is 11.8. The van der Waals surface area contributed by atoms with Crippen LogP contribution < -0.4 is 15.1 Å². The zero-order valence-corrected chi connectivity index (χ0v) is 17.6. The lowest BCUT2D eigenvalue weighted by Crippen LogP contribution is -2.29. The van der Waals surface area contributed by atoms with Crippen LogP contribution in [0.25, 0.3) is 11.0 Å². The smallest absolute Gasteiger partial charge is 0.296 e. The van der Waals surface area contributed by atoms with E-state index in [9.17, 15) is 9.59 Å². The molecule has 1 atom stereocenters. The van der Waals surface area contributed by atoms with Crippen LogP contribution in [0.2, 0.25) is 0 Å². The molecule has 0 radical (unpaired) electrons. The van der Waals surface area contributed by atoms with Crippen molar-refractivity contribution in [2.24, 2.45) is 0 Å². The Morgan fingerprint density at radius 1 is 1.03 bits per heavy atom. The molecule has 31 heavy (non-hydrogen) atoms. The van der Waals surface area contributed by atoms with E-state index in [2.05, 4.69) is 5.16 Å². The summed E-state index contributed by atoms with van der Waals surface area (Å²) >= 11 is 0. The van der Waals surface area contributed by atoms with Gasteiger partial charge in [-0.25, -0.2) is 0 Å². The highest BCUT2D eigenvalue weighted by Crippen LogP contribution is 2.41. The maximum absolute atomic E-state index is 13.6. The molecule has 0 spiro atoms. The van der Waals surface area contributed by atoms with Crippen LogP contribution in [0.5, 0.6) is 5.75 Å². The highest BCUT2D eigenvalue weighted by atomic mass is 16.5. The van der Waals surface area contributed by atoms with Crippen LogP contribution in [0, 0.1) is 20.8 Å². The Balaban J connectivity index is 1.83. The van der Waals surface area contributed by atoms with E-state index in [1.54, 1.807) is 38.3 Å². The molecule has 1 aliphatic heterocycles. The maximum atomic E-state index is 13.6. The van der Waals surface area contributed by atoms with E-state index in [4.69, 9.17) is 13.7 Å². The maximum Gasteiger partial charge on any atom is 0.296 e. The van der Waals surface area contributed by atoms with Crippen molar-refractivity contribution in [2.45, 2.75) is 26.8 Å². The summed E-state index contributed by atoms with van der Waals surface area (Å²) in [7, 11) is 1.57. The summed E-state index contributed by atoms with van der Waals surface area (Å²) in [5, 5.41) is 4.48. The second kappa shape index (κ2) is 6.84. The van der Waals surface area contributed by atoms with Gasteiger partial charge in [-0.1, -0.05) is 17.3 Å². The SMILES string of the molecule is COc1cccc([C@H]2c3c(oc4cc(C)c(C)cc4c3=O)C(=O)N2c2cc(C)on2)c1. The Bertz CT molecular complexity index is 1420. The molecule has 2 aromatic carbocycles. The number of carbonyl (C=O) groups is 1. The highest BCUT2D eigenvalue weighted by molar-refractivity contribution is 6.10. The lowest BCUT2D eigenvalue weighted by Gasteiger charge is -2.22. The number of benzene rings is 2. The Morgan fingerprint density at radius 3 is 2.52 bits per heavy atom. The minimum absolute atomic E-state index is 0.0224. The summed E-state index contributed by atoms with van der Waals surface area (Å²) in [6.07, 6.45) is 0. The molecule has 1 amide bonds. The zero-order chi connectivity index (χ0) is 21.9. The third kappa shape index (κ3) is 2.84. The van der Waals surface area contributed by atoms with Crippen LogP contribution in [0.1, 0.15) is 44.6 Å². The summed E-state index contributed by atoms with van der Waals surface area (Å²) < 4.78 is 16.6. The van der Waals surface area contributed by atoms with Gasteiger partial charge in [-0.3, -0.25) is 14.5 Å². The van der Waals surface area contributed by atoms with Crippen molar-refractivity contribution in [1.29, 1.82) is 0 Å². The average Bonchev–Trinajstić information content (AvgIpc) is 3.31.